The molecule has 0 saturated heterocycles. The van der Waals surface area contributed by atoms with Gasteiger partial charge in [0.15, 0.2) is 6.10 Å². The first-order valence-electron chi connectivity index (χ1n) is 6.29. The van der Waals surface area contributed by atoms with Crippen molar-refractivity contribution < 1.29 is 14.3 Å². The Morgan fingerprint density at radius 3 is 2.71 bits per heavy atom. The van der Waals surface area contributed by atoms with Gasteiger partial charge in [-0.2, -0.15) is 0 Å². The van der Waals surface area contributed by atoms with Crippen LogP contribution in [0, 0.1) is 5.82 Å². The maximum Gasteiger partial charge on any atom is 0.257 e. The number of halogens is 2. The number of aliphatic hydroxyl groups is 1. The molecule has 6 heteroatoms. The average molecular weight is 351 g/mol. The fourth-order valence-corrected chi connectivity index (χ4v) is 2.99. The van der Waals surface area contributed by atoms with E-state index in [0.29, 0.717) is 27.1 Å². The van der Waals surface area contributed by atoms with E-state index < -0.39 is 12.0 Å². The molecule has 1 aliphatic heterocycles. The number of hydrogen-bond donors (Lipinski definition) is 2. The van der Waals surface area contributed by atoms with Gasteiger partial charge in [-0.25, -0.2) is 4.39 Å². The number of amides is 1. The number of fused-ring (bicyclic) bond motifs is 1. The summed E-state index contributed by atoms with van der Waals surface area (Å²) >= 11 is 3.41. The fourth-order valence-electron chi connectivity index (χ4n) is 2.36. The predicted molar refractivity (Wildman–Crippen MR) is 82.2 cm³/mol. The Kier molecular flexibility index (Phi) is 3.43. The molecule has 0 spiro atoms. The molecule has 1 heterocycles. The van der Waals surface area contributed by atoms with Gasteiger partial charge in [-0.1, -0.05) is 12.1 Å². The van der Waals surface area contributed by atoms with E-state index in [1.54, 1.807) is 42.3 Å². The van der Waals surface area contributed by atoms with Crippen molar-refractivity contribution in [3.63, 3.8) is 0 Å². The first kappa shape index (κ1) is 14.0. The van der Waals surface area contributed by atoms with E-state index in [0.717, 1.165) is 0 Å². The van der Waals surface area contributed by atoms with Gasteiger partial charge >= 0.3 is 0 Å². The van der Waals surface area contributed by atoms with E-state index in [-0.39, 0.29) is 5.82 Å². The molecule has 0 fully saturated rings. The Morgan fingerprint density at radius 2 is 2.00 bits per heavy atom. The molecule has 0 aliphatic carbocycles. The third-order valence-electron chi connectivity index (χ3n) is 3.49. The smallest absolute Gasteiger partial charge is 0.257 e. The maximum absolute atomic E-state index is 13.9. The normalized spacial score (nSPS) is 16.6. The number of hydrogen-bond acceptors (Lipinski definition) is 3. The van der Waals surface area contributed by atoms with Crippen molar-refractivity contribution in [1.29, 1.82) is 0 Å². The van der Waals surface area contributed by atoms with Crippen LogP contribution in [-0.4, -0.2) is 18.1 Å². The molecule has 0 bridgehead atoms. The minimum Gasteiger partial charge on any atom is -0.378 e. The molecule has 0 radical (unpaired) electrons. The number of nitrogens with zero attached hydrogens (tertiary/aromatic N) is 1. The molecule has 1 unspecified atom stereocenters. The van der Waals surface area contributed by atoms with E-state index in [9.17, 15) is 14.3 Å². The lowest BCUT2D eigenvalue weighted by Crippen LogP contribution is -2.12. The van der Waals surface area contributed by atoms with Crippen molar-refractivity contribution in [2.75, 3.05) is 17.3 Å². The van der Waals surface area contributed by atoms with Crippen molar-refractivity contribution in [2.24, 2.45) is 0 Å². The van der Waals surface area contributed by atoms with Crippen LogP contribution in [0.15, 0.2) is 40.9 Å². The summed E-state index contributed by atoms with van der Waals surface area (Å²) in [7, 11) is 1.73. The molecule has 2 aromatic rings. The SMILES string of the molecule is CN(c1ccccc1F)c1cc2c(cc1Br)C(O)C(=O)N2. The Labute approximate surface area is 129 Å². The van der Waals surface area contributed by atoms with Gasteiger partial charge in [0.05, 0.1) is 11.4 Å². The molecule has 3 rings (SSSR count). The topological polar surface area (TPSA) is 52.6 Å². The second-order valence-corrected chi connectivity index (χ2v) is 5.65. The first-order valence-corrected chi connectivity index (χ1v) is 7.09. The number of rotatable bonds is 2. The quantitative estimate of drug-likeness (QED) is 0.873. The summed E-state index contributed by atoms with van der Waals surface area (Å²) in [6, 6.07) is 9.81. The Balaban J connectivity index is 2.07. The van der Waals surface area contributed by atoms with Crippen molar-refractivity contribution in [1.82, 2.24) is 0 Å². The molecule has 21 heavy (non-hydrogen) atoms. The second kappa shape index (κ2) is 5.13. The summed E-state index contributed by atoms with van der Waals surface area (Å²) in [5, 5.41) is 12.4. The molecule has 0 aromatic heterocycles. The zero-order chi connectivity index (χ0) is 15.1. The minimum atomic E-state index is -1.16. The predicted octanol–water partition coefficient (Wildman–Crippen LogP) is 3.34. The first-order chi connectivity index (χ1) is 9.99. The van der Waals surface area contributed by atoms with Crippen LogP contribution in [0.5, 0.6) is 0 Å². The largest absolute Gasteiger partial charge is 0.378 e. The third kappa shape index (κ3) is 2.30. The van der Waals surface area contributed by atoms with Crippen molar-refractivity contribution >= 4 is 38.9 Å². The van der Waals surface area contributed by atoms with E-state index in [1.165, 1.54) is 6.07 Å². The number of aliphatic hydroxyl groups excluding tert-OH is 1. The Hall–Kier alpha value is -1.92. The van der Waals surface area contributed by atoms with Crippen LogP contribution >= 0.6 is 15.9 Å². The molecule has 1 aliphatic rings. The van der Waals surface area contributed by atoms with Gasteiger partial charge < -0.3 is 15.3 Å². The lowest BCUT2D eigenvalue weighted by molar-refractivity contribution is -0.123. The highest BCUT2D eigenvalue weighted by molar-refractivity contribution is 9.10. The van der Waals surface area contributed by atoms with Crippen LogP contribution in [0.25, 0.3) is 0 Å². The highest BCUT2D eigenvalue weighted by Gasteiger charge is 2.30. The molecular weight excluding hydrogens is 339 g/mol. The summed E-state index contributed by atoms with van der Waals surface area (Å²) in [6.45, 7) is 0. The average Bonchev–Trinajstić information content (AvgIpc) is 2.73. The number of para-hydroxylation sites is 1. The van der Waals surface area contributed by atoms with Crippen LogP contribution < -0.4 is 10.2 Å². The molecule has 108 valence electrons. The third-order valence-corrected chi connectivity index (χ3v) is 4.13. The summed E-state index contributed by atoms with van der Waals surface area (Å²) in [4.78, 5) is 13.2. The summed E-state index contributed by atoms with van der Waals surface area (Å²) in [5.41, 5.74) is 2.16. The molecule has 2 aromatic carbocycles. The zero-order valence-electron chi connectivity index (χ0n) is 11.1. The Morgan fingerprint density at radius 1 is 1.29 bits per heavy atom. The number of carbonyl (C=O) groups is 1. The van der Waals surface area contributed by atoms with Gasteiger partial charge in [0.2, 0.25) is 0 Å². The number of benzene rings is 2. The van der Waals surface area contributed by atoms with E-state index >= 15 is 0 Å². The highest BCUT2D eigenvalue weighted by Crippen LogP contribution is 2.40. The number of nitrogens with one attached hydrogen (secondary N) is 1. The number of carbonyl (C=O) groups excluding carboxylic acids is 1. The second-order valence-electron chi connectivity index (χ2n) is 4.79. The van der Waals surface area contributed by atoms with Gasteiger partial charge in [0, 0.05) is 22.8 Å². The van der Waals surface area contributed by atoms with Crippen molar-refractivity contribution in [3.05, 3.63) is 52.3 Å². The monoisotopic (exact) mass is 350 g/mol. The molecular formula is C15H12BrFN2O2. The van der Waals surface area contributed by atoms with Crippen LogP contribution in [0.4, 0.5) is 21.5 Å². The van der Waals surface area contributed by atoms with Crippen LogP contribution in [0.3, 0.4) is 0 Å². The maximum atomic E-state index is 13.9. The highest BCUT2D eigenvalue weighted by atomic mass is 79.9. The van der Waals surface area contributed by atoms with Gasteiger partial charge in [0.25, 0.3) is 5.91 Å². The summed E-state index contributed by atoms with van der Waals surface area (Å²) < 4.78 is 14.6. The van der Waals surface area contributed by atoms with Gasteiger partial charge in [-0.05, 0) is 40.2 Å². The van der Waals surface area contributed by atoms with Crippen LogP contribution in [-0.2, 0) is 4.79 Å². The molecule has 2 N–H and O–H groups in total. The minimum absolute atomic E-state index is 0.337. The standard InChI is InChI=1S/C15H12BrFN2O2/c1-19(12-5-3-2-4-10(12)17)13-7-11-8(6-9(13)16)14(20)15(21)18-11/h2-7,14,20H,1H3,(H,18,21). The summed E-state index contributed by atoms with van der Waals surface area (Å²) in [6.07, 6.45) is -1.16. The van der Waals surface area contributed by atoms with Crippen LogP contribution in [0.1, 0.15) is 11.7 Å². The van der Waals surface area contributed by atoms with Crippen LogP contribution in [0.2, 0.25) is 0 Å². The molecule has 1 atom stereocenters. The molecule has 1 amide bonds. The van der Waals surface area contributed by atoms with Crippen molar-refractivity contribution in [3.8, 4) is 0 Å². The van der Waals surface area contributed by atoms with E-state index in [2.05, 4.69) is 21.2 Å². The van der Waals surface area contributed by atoms with E-state index in [4.69, 9.17) is 0 Å². The molecule has 0 saturated carbocycles. The number of anilines is 3. The van der Waals surface area contributed by atoms with Gasteiger partial charge in [-0.15, -0.1) is 0 Å². The zero-order valence-corrected chi connectivity index (χ0v) is 12.7. The van der Waals surface area contributed by atoms with Gasteiger partial charge in [0.1, 0.15) is 5.82 Å². The summed E-state index contributed by atoms with van der Waals surface area (Å²) in [5.74, 6) is -0.793. The lowest BCUT2D eigenvalue weighted by Gasteiger charge is -2.22. The van der Waals surface area contributed by atoms with Gasteiger partial charge in [-0.3, -0.25) is 4.79 Å². The lowest BCUT2D eigenvalue weighted by atomic mass is 10.1. The van der Waals surface area contributed by atoms with E-state index in [1.807, 2.05) is 0 Å². The molecule has 4 nitrogen and oxygen atoms in total. The fraction of sp³-hybridized carbons (Fsp3) is 0.133. The van der Waals surface area contributed by atoms with Crippen molar-refractivity contribution in [2.45, 2.75) is 6.10 Å². The Bertz CT molecular complexity index is 736.